The van der Waals surface area contributed by atoms with Gasteiger partial charge in [0.05, 0.1) is 11.8 Å². The predicted molar refractivity (Wildman–Crippen MR) is 158 cm³/mol. The van der Waals surface area contributed by atoms with Crippen LogP contribution in [0.4, 0.5) is 0 Å². The standard InChI is InChI=1S/C32H22Cl2N2O4/c33-25-13-10-24(30(34)18-25)20-39-26-16-11-23(12-17-26)31(37)36-35-19-21-8-14-27(15-9-21)40-32(38)29-7-3-5-22-4-1-2-6-28(22)29/h1-19H,20H2,(H,36,37)/b35-19-. The van der Waals surface area contributed by atoms with Gasteiger partial charge in [0.1, 0.15) is 18.1 Å². The van der Waals surface area contributed by atoms with Crippen molar-refractivity contribution in [2.24, 2.45) is 5.10 Å². The molecule has 0 spiro atoms. The van der Waals surface area contributed by atoms with Crippen LogP contribution < -0.4 is 14.9 Å². The number of hydrazone groups is 1. The summed E-state index contributed by atoms with van der Waals surface area (Å²) in [6.45, 7) is 0.271. The average molecular weight is 569 g/mol. The molecule has 0 aromatic heterocycles. The molecule has 0 radical (unpaired) electrons. The first-order chi connectivity index (χ1) is 19.5. The van der Waals surface area contributed by atoms with Crippen molar-refractivity contribution in [2.45, 2.75) is 6.61 Å². The molecule has 5 aromatic rings. The molecule has 5 aromatic carbocycles. The molecular weight excluding hydrogens is 547 g/mol. The van der Waals surface area contributed by atoms with Gasteiger partial charge in [-0.25, -0.2) is 10.2 Å². The summed E-state index contributed by atoms with van der Waals surface area (Å²) in [5.41, 5.74) is 4.94. The van der Waals surface area contributed by atoms with Gasteiger partial charge in [0.25, 0.3) is 5.91 Å². The zero-order chi connectivity index (χ0) is 27.9. The molecule has 1 N–H and O–H groups in total. The van der Waals surface area contributed by atoms with Crippen LogP contribution in [0.2, 0.25) is 10.0 Å². The molecule has 198 valence electrons. The molecule has 5 rings (SSSR count). The number of amides is 1. The van der Waals surface area contributed by atoms with E-state index in [1.54, 1.807) is 72.8 Å². The largest absolute Gasteiger partial charge is 0.489 e. The van der Waals surface area contributed by atoms with E-state index in [9.17, 15) is 9.59 Å². The highest BCUT2D eigenvalue weighted by molar-refractivity contribution is 6.35. The van der Waals surface area contributed by atoms with Crippen molar-refractivity contribution in [1.29, 1.82) is 0 Å². The molecule has 0 heterocycles. The van der Waals surface area contributed by atoms with Crippen molar-refractivity contribution < 1.29 is 19.1 Å². The summed E-state index contributed by atoms with van der Waals surface area (Å²) < 4.78 is 11.3. The molecule has 0 saturated heterocycles. The first-order valence-corrected chi connectivity index (χ1v) is 13.0. The molecule has 0 saturated carbocycles. The van der Waals surface area contributed by atoms with Gasteiger partial charge in [0.15, 0.2) is 0 Å². The lowest BCUT2D eigenvalue weighted by atomic mass is 10.0. The van der Waals surface area contributed by atoms with Crippen LogP contribution in [0.1, 0.15) is 31.8 Å². The summed E-state index contributed by atoms with van der Waals surface area (Å²) in [7, 11) is 0. The Balaban J connectivity index is 1.13. The summed E-state index contributed by atoms with van der Waals surface area (Å²) in [5, 5.41) is 6.90. The minimum atomic E-state index is -0.435. The fourth-order valence-electron chi connectivity index (χ4n) is 3.92. The highest BCUT2D eigenvalue weighted by Gasteiger charge is 2.12. The van der Waals surface area contributed by atoms with Gasteiger partial charge in [-0.05, 0) is 83.1 Å². The number of carbonyl (C=O) groups excluding carboxylic acids is 2. The summed E-state index contributed by atoms with van der Waals surface area (Å²) in [4.78, 5) is 25.2. The van der Waals surface area contributed by atoms with Gasteiger partial charge in [-0.1, -0.05) is 65.7 Å². The normalized spacial score (nSPS) is 10.9. The topological polar surface area (TPSA) is 77.0 Å². The number of esters is 1. The van der Waals surface area contributed by atoms with Gasteiger partial charge < -0.3 is 9.47 Å². The third-order valence-electron chi connectivity index (χ3n) is 6.01. The average Bonchev–Trinajstić information content (AvgIpc) is 2.97. The van der Waals surface area contributed by atoms with Gasteiger partial charge in [-0.2, -0.15) is 5.10 Å². The lowest BCUT2D eigenvalue weighted by Crippen LogP contribution is -2.17. The van der Waals surface area contributed by atoms with Crippen molar-refractivity contribution in [3.05, 3.63) is 141 Å². The van der Waals surface area contributed by atoms with Gasteiger partial charge in [0, 0.05) is 21.2 Å². The molecule has 1 amide bonds. The van der Waals surface area contributed by atoms with E-state index < -0.39 is 5.97 Å². The Bertz CT molecular complexity index is 1700. The van der Waals surface area contributed by atoms with E-state index in [2.05, 4.69) is 10.5 Å². The monoisotopic (exact) mass is 568 g/mol. The number of carbonyl (C=O) groups is 2. The van der Waals surface area contributed by atoms with Gasteiger partial charge >= 0.3 is 5.97 Å². The number of nitrogens with one attached hydrogen (secondary N) is 1. The van der Waals surface area contributed by atoms with Crippen molar-refractivity contribution in [2.75, 3.05) is 0 Å². The Morgan fingerprint density at radius 1 is 0.800 bits per heavy atom. The number of halogens is 2. The lowest BCUT2D eigenvalue weighted by Gasteiger charge is -2.09. The maximum atomic E-state index is 12.7. The van der Waals surface area contributed by atoms with Gasteiger partial charge in [-0.15, -0.1) is 0 Å². The smallest absolute Gasteiger partial charge is 0.344 e. The quantitative estimate of drug-likeness (QED) is 0.0899. The fraction of sp³-hybridized carbons (Fsp3) is 0.0312. The van der Waals surface area contributed by atoms with Crippen LogP contribution in [0.5, 0.6) is 11.5 Å². The van der Waals surface area contributed by atoms with Crippen LogP contribution in [0.25, 0.3) is 10.8 Å². The molecule has 0 unspecified atom stereocenters. The van der Waals surface area contributed by atoms with Gasteiger partial charge in [-0.3, -0.25) is 4.79 Å². The first kappa shape index (κ1) is 26.9. The zero-order valence-corrected chi connectivity index (χ0v) is 22.5. The van der Waals surface area contributed by atoms with Crippen LogP contribution in [0.3, 0.4) is 0 Å². The molecule has 6 nitrogen and oxygen atoms in total. The Kier molecular flexibility index (Phi) is 8.40. The van der Waals surface area contributed by atoms with Crippen LogP contribution >= 0.6 is 23.2 Å². The van der Waals surface area contributed by atoms with E-state index in [-0.39, 0.29) is 12.5 Å². The molecule has 0 aliphatic heterocycles. The van der Waals surface area contributed by atoms with Crippen molar-refractivity contribution >= 4 is 52.1 Å². The number of hydrogen-bond acceptors (Lipinski definition) is 5. The predicted octanol–water partition coefficient (Wildman–Crippen LogP) is 7.71. The van der Waals surface area contributed by atoms with Crippen LogP contribution in [0, 0.1) is 0 Å². The van der Waals surface area contributed by atoms with E-state index in [4.69, 9.17) is 32.7 Å². The molecule has 0 aliphatic carbocycles. The van der Waals surface area contributed by atoms with Gasteiger partial charge in [0.2, 0.25) is 0 Å². The van der Waals surface area contributed by atoms with E-state index in [1.165, 1.54) is 6.21 Å². The Labute approximate surface area is 240 Å². The molecular formula is C32H22Cl2N2O4. The third kappa shape index (κ3) is 6.67. The van der Waals surface area contributed by atoms with Crippen molar-refractivity contribution in [3.8, 4) is 11.5 Å². The van der Waals surface area contributed by atoms with Crippen molar-refractivity contribution in [3.63, 3.8) is 0 Å². The second-order valence-electron chi connectivity index (χ2n) is 8.73. The SMILES string of the molecule is O=C(N/N=C\c1ccc(OC(=O)c2cccc3ccccc23)cc1)c1ccc(OCc2ccc(Cl)cc2Cl)cc1. The minimum Gasteiger partial charge on any atom is -0.489 e. The summed E-state index contributed by atoms with van der Waals surface area (Å²) in [5.74, 6) is 0.187. The van der Waals surface area contributed by atoms with Crippen LogP contribution in [-0.2, 0) is 6.61 Å². The number of benzene rings is 5. The lowest BCUT2D eigenvalue weighted by molar-refractivity contribution is 0.0736. The summed E-state index contributed by atoms with van der Waals surface area (Å²) in [6.07, 6.45) is 1.50. The van der Waals surface area contributed by atoms with E-state index >= 15 is 0 Å². The summed E-state index contributed by atoms with van der Waals surface area (Å²) in [6, 6.07) is 31.9. The van der Waals surface area contributed by atoms with E-state index in [0.717, 1.165) is 21.9 Å². The maximum Gasteiger partial charge on any atom is 0.344 e. The Morgan fingerprint density at radius 3 is 2.30 bits per heavy atom. The maximum absolute atomic E-state index is 12.7. The highest BCUT2D eigenvalue weighted by atomic mass is 35.5. The van der Waals surface area contributed by atoms with Crippen LogP contribution in [-0.4, -0.2) is 18.1 Å². The van der Waals surface area contributed by atoms with Crippen molar-refractivity contribution in [1.82, 2.24) is 5.43 Å². The number of rotatable bonds is 8. The Hall–Kier alpha value is -4.65. The molecule has 0 aliphatic rings. The number of ether oxygens (including phenoxy) is 2. The molecule has 0 fully saturated rings. The molecule has 8 heteroatoms. The highest BCUT2D eigenvalue weighted by Crippen LogP contribution is 2.23. The zero-order valence-electron chi connectivity index (χ0n) is 21.0. The second-order valence-corrected chi connectivity index (χ2v) is 9.58. The number of hydrogen-bond donors (Lipinski definition) is 1. The van der Waals surface area contributed by atoms with E-state index in [0.29, 0.717) is 32.7 Å². The first-order valence-electron chi connectivity index (χ1n) is 12.3. The molecule has 0 atom stereocenters. The molecule has 0 bridgehead atoms. The summed E-state index contributed by atoms with van der Waals surface area (Å²) >= 11 is 12.1. The molecule has 40 heavy (non-hydrogen) atoms. The fourth-order valence-corrected chi connectivity index (χ4v) is 4.38. The third-order valence-corrected chi connectivity index (χ3v) is 6.59. The number of fused-ring (bicyclic) bond motifs is 1. The number of nitrogens with zero attached hydrogens (tertiary/aromatic N) is 1. The van der Waals surface area contributed by atoms with Crippen LogP contribution in [0.15, 0.2) is 114 Å². The minimum absolute atomic E-state index is 0.271. The van der Waals surface area contributed by atoms with E-state index in [1.807, 2.05) is 36.4 Å². The Morgan fingerprint density at radius 2 is 1.52 bits per heavy atom. The second kappa shape index (κ2) is 12.5.